The number of amides is 1. The first-order valence-electron chi connectivity index (χ1n) is 9.15. The van der Waals surface area contributed by atoms with Crippen LogP contribution >= 0.6 is 0 Å². The van der Waals surface area contributed by atoms with E-state index in [4.69, 9.17) is 4.74 Å². The van der Waals surface area contributed by atoms with Crippen molar-refractivity contribution in [2.75, 3.05) is 26.5 Å². The van der Waals surface area contributed by atoms with Gasteiger partial charge in [0.25, 0.3) is 0 Å². The molecule has 1 amide bonds. The molecule has 0 aromatic heterocycles. The van der Waals surface area contributed by atoms with Gasteiger partial charge in [-0.05, 0) is 40.8 Å². The largest absolute Gasteiger partial charge is 0.495 e. The van der Waals surface area contributed by atoms with Crippen LogP contribution in [-0.4, -0.2) is 39.8 Å². The number of nitrogens with zero attached hydrogens (tertiary/aromatic N) is 1. The van der Waals surface area contributed by atoms with Gasteiger partial charge >= 0.3 is 0 Å². The summed E-state index contributed by atoms with van der Waals surface area (Å²) in [6.45, 7) is 6.43. The number of hydrogen-bond acceptors (Lipinski definition) is 4. The highest BCUT2D eigenvalue weighted by Gasteiger charge is 2.19. The van der Waals surface area contributed by atoms with Crippen molar-refractivity contribution in [2.45, 2.75) is 31.1 Å². The van der Waals surface area contributed by atoms with E-state index < -0.39 is 10.0 Å². The molecule has 1 N–H and O–H groups in total. The molecule has 0 aliphatic carbocycles. The summed E-state index contributed by atoms with van der Waals surface area (Å²) in [6, 6.07) is 12.3. The van der Waals surface area contributed by atoms with Crippen molar-refractivity contribution in [3.8, 4) is 5.75 Å². The molecule has 2 rings (SSSR count). The second-order valence-corrected chi connectivity index (χ2v) is 10.00. The summed E-state index contributed by atoms with van der Waals surface area (Å²) in [5, 5.41) is 2.69. The van der Waals surface area contributed by atoms with Gasteiger partial charge in [0, 0.05) is 20.2 Å². The Balaban J connectivity index is 2.20. The molecule has 2 aromatic rings. The topological polar surface area (TPSA) is 75.7 Å². The Morgan fingerprint density at radius 1 is 1.07 bits per heavy atom. The zero-order valence-corrected chi connectivity index (χ0v) is 18.5. The Bertz CT molecular complexity index is 1000. The number of anilines is 1. The van der Waals surface area contributed by atoms with Crippen LogP contribution in [0.2, 0.25) is 0 Å². The van der Waals surface area contributed by atoms with E-state index in [0.29, 0.717) is 5.75 Å². The summed E-state index contributed by atoms with van der Waals surface area (Å²) >= 11 is 0. The molecular formula is C22H28N2O4S. The zero-order valence-electron chi connectivity index (χ0n) is 17.7. The summed E-state index contributed by atoms with van der Waals surface area (Å²) in [5.74, 6) is -0.0124. The molecule has 29 heavy (non-hydrogen) atoms. The van der Waals surface area contributed by atoms with Gasteiger partial charge in [-0.15, -0.1) is 0 Å². The normalized spacial score (nSPS) is 12.4. The second-order valence-electron chi connectivity index (χ2n) is 7.84. The molecule has 0 aliphatic rings. The van der Waals surface area contributed by atoms with E-state index in [0.717, 1.165) is 9.87 Å². The molecule has 0 heterocycles. The fraction of sp³-hybridized carbons (Fsp3) is 0.318. The Morgan fingerprint density at radius 3 is 2.21 bits per heavy atom. The molecule has 0 radical (unpaired) electrons. The lowest BCUT2D eigenvalue weighted by Crippen LogP contribution is -2.22. The minimum atomic E-state index is -3.62. The van der Waals surface area contributed by atoms with Crippen LogP contribution in [0, 0.1) is 0 Å². The molecule has 0 unspecified atom stereocenters. The molecule has 2 aromatic carbocycles. The fourth-order valence-corrected chi connectivity index (χ4v) is 3.53. The molecule has 7 heteroatoms. The average Bonchev–Trinajstić information content (AvgIpc) is 2.65. The number of sulfonamides is 1. The van der Waals surface area contributed by atoms with Crippen molar-refractivity contribution in [3.05, 3.63) is 59.7 Å². The van der Waals surface area contributed by atoms with Crippen LogP contribution in [0.25, 0.3) is 6.08 Å². The summed E-state index contributed by atoms with van der Waals surface area (Å²) in [7, 11) is 0.733. The Hall–Kier alpha value is -2.64. The summed E-state index contributed by atoms with van der Waals surface area (Å²) in [6.07, 6.45) is 3.10. The molecule has 0 saturated carbocycles. The van der Waals surface area contributed by atoms with E-state index in [1.807, 2.05) is 24.3 Å². The van der Waals surface area contributed by atoms with Gasteiger partial charge in [-0.1, -0.05) is 45.0 Å². The number of ether oxygens (including phenoxy) is 1. The predicted molar refractivity (Wildman–Crippen MR) is 117 cm³/mol. The van der Waals surface area contributed by atoms with Gasteiger partial charge in [0.15, 0.2) is 0 Å². The van der Waals surface area contributed by atoms with Crippen molar-refractivity contribution < 1.29 is 17.9 Å². The van der Waals surface area contributed by atoms with E-state index >= 15 is 0 Å². The summed E-state index contributed by atoms with van der Waals surface area (Å²) in [5.41, 5.74) is 2.45. The average molecular weight is 417 g/mol. The van der Waals surface area contributed by atoms with Gasteiger partial charge < -0.3 is 10.1 Å². The maximum atomic E-state index is 12.4. The second kappa shape index (κ2) is 8.80. The van der Waals surface area contributed by atoms with E-state index in [1.54, 1.807) is 6.08 Å². The fourth-order valence-electron chi connectivity index (χ4n) is 2.60. The van der Waals surface area contributed by atoms with Crippen LogP contribution in [0.5, 0.6) is 5.75 Å². The Kier molecular flexibility index (Phi) is 6.87. The van der Waals surface area contributed by atoms with Crippen LogP contribution in [0.3, 0.4) is 0 Å². The standard InChI is InChI=1S/C22H28N2O4S/c1-22(2,3)17-10-7-16(8-11-17)9-14-21(25)23-19-15-18(12-13-20(19)28-6)29(26,27)24(4)5/h7-15H,1-6H3,(H,23,25)/b14-9+. The summed E-state index contributed by atoms with van der Waals surface area (Å²) < 4.78 is 31.0. The van der Waals surface area contributed by atoms with Gasteiger partial charge in [-0.3, -0.25) is 4.79 Å². The number of hydrogen-bond donors (Lipinski definition) is 1. The van der Waals surface area contributed by atoms with Gasteiger partial charge in [-0.25, -0.2) is 12.7 Å². The highest BCUT2D eigenvalue weighted by molar-refractivity contribution is 7.89. The third kappa shape index (κ3) is 5.68. The lowest BCUT2D eigenvalue weighted by atomic mass is 9.87. The number of rotatable bonds is 6. The monoisotopic (exact) mass is 416 g/mol. The van der Waals surface area contributed by atoms with Crippen molar-refractivity contribution in [2.24, 2.45) is 0 Å². The SMILES string of the molecule is COc1ccc(S(=O)(=O)N(C)C)cc1NC(=O)/C=C/c1ccc(C(C)(C)C)cc1. The number of carbonyl (C=O) groups excluding carboxylic acids is 1. The zero-order chi connectivity index (χ0) is 21.8. The molecule has 0 saturated heterocycles. The van der Waals surface area contributed by atoms with Crippen LogP contribution in [0.15, 0.2) is 53.4 Å². The number of carbonyl (C=O) groups is 1. The third-order valence-corrected chi connectivity index (χ3v) is 6.22. The van der Waals surface area contributed by atoms with Gasteiger partial charge in [0.2, 0.25) is 15.9 Å². The highest BCUT2D eigenvalue weighted by atomic mass is 32.2. The smallest absolute Gasteiger partial charge is 0.248 e. The van der Waals surface area contributed by atoms with Crippen molar-refractivity contribution in [1.82, 2.24) is 4.31 Å². The summed E-state index contributed by atoms with van der Waals surface area (Å²) in [4.78, 5) is 12.4. The molecule has 6 nitrogen and oxygen atoms in total. The van der Waals surface area contributed by atoms with E-state index in [2.05, 4.69) is 26.1 Å². The van der Waals surface area contributed by atoms with Gasteiger partial charge in [0.05, 0.1) is 17.7 Å². The Morgan fingerprint density at radius 2 is 1.69 bits per heavy atom. The first-order chi connectivity index (χ1) is 13.4. The molecule has 0 bridgehead atoms. The van der Waals surface area contributed by atoms with Crippen LogP contribution in [0.1, 0.15) is 31.9 Å². The van der Waals surface area contributed by atoms with Crippen molar-refractivity contribution in [1.29, 1.82) is 0 Å². The molecule has 0 spiro atoms. The van der Waals surface area contributed by atoms with Crippen molar-refractivity contribution >= 4 is 27.7 Å². The quantitative estimate of drug-likeness (QED) is 0.725. The molecule has 0 atom stereocenters. The lowest BCUT2D eigenvalue weighted by Gasteiger charge is -2.18. The first kappa shape index (κ1) is 22.6. The first-order valence-corrected chi connectivity index (χ1v) is 10.6. The predicted octanol–water partition coefficient (Wildman–Crippen LogP) is 3.89. The molecular weight excluding hydrogens is 388 g/mol. The van der Waals surface area contributed by atoms with Gasteiger partial charge in [0.1, 0.15) is 5.75 Å². The minimum Gasteiger partial charge on any atom is -0.495 e. The lowest BCUT2D eigenvalue weighted by molar-refractivity contribution is -0.111. The maximum absolute atomic E-state index is 12.4. The van der Waals surface area contributed by atoms with E-state index in [9.17, 15) is 13.2 Å². The van der Waals surface area contributed by atoms with Crippen LogP contribution in [0.4, 0.5) is 5.69 Å². The van der Waals surface area contributed by atoms with E-state index in [-0.39, 0.29) is 21.9 Å². The molecule has 0 aliphatic heterocycles. The third-order valence-electron chi connectivity index (χ3n) is 4.41. The molecule has 156 valence electrons. The Labute approximate surface area is 173 Å². The number of nitrogens with one attached hydrogen (secondary N) is 1. The minimum absolute atomic E-state index is 0.0636. The van der Waals surface area contributed by atoms with Gasteiger partial charge in [-0.2, -0.15) is 0 Å². The van der Waals surface area contributed by atoms with E-state index in [1.165, 1.54) is 51.0 Å². The van der Waals surface area contributed by atoms with Crippen molar-refractivity contribution in [3.63, 3.8) is 0 Å². The number of benzene rings is 2. The maximum Gasteiger partial charge on any atom is 0.248 e. The van der Waals surface area contributed by atoms with Crippen LogP contribution < -0.4 is 10.1 Å². The highest BCUT2D eigenvalue weighted by Crippen LogP contribution is 2.28. The van der Waals surface area contributed by atoms with Crippen LogP contribution in [-0.2, 0) is 20.2 Å². The molecule has 0 fully saturated rings. The number of methoxy groups -OCH3 is 1.